The molecule has 0 aliphatic rings. The fourth-order valence-electron chi connectivity index (χ4n) is 10.6. The molecule has 0 aliphatic carbocycles. The smallest absolute Gasteiger partial charge is 0.160 e. The quantitative estimate of drug-likeness (QED) is 0.167. The summed E-state index contributed by atoms with van der Waals surface area (Å²) in [6, 6.07) is 74.6. The highest BCUT2D eigenvalue weighted by atomic mass is 16.3. The van der Waals surface area contributed by atoms with Crippen LogP contribution in [0.15, 0.2) is 211 Å². The zero-order chi connectivity index (χ0) is 41.2. The molecule has 0 spiro atoms. The van der Waals surface area contributed by atoms with Crippen LogP contribution in [0.2, 0.25) is 0 Å². The van der Waals surface area contributed by atoms with Crippen LogP contribution in [-0.2, 0) is 0 Å². The van der Waals surface area contributed by atoms with Crippen molar-refractivity contribution in [2.24, 2.45) is 0 Å². The Labute approximate surface area is 361 Å². The molecule has 0 fully saturated rings. The van der Waals surface area contributed by atoms with Crippen LogP contribution in [0.5, 0.6) is 0 Å². The van der Waals surface area contributed by atoms with E-state index >= 15 is 0 Å². The maximum atomic E-state index is 6.55. The molecule has 0 N–H and O–H groups in total. The molecular formula is C60H34N2O. The first-order valence-corrected chi connectivity index (χ1v) is 21.6. The summed E-state index contributed by atoms with van der Waals surface area (Å²) in [5.74, 6) is 0.669. The lowest BCUT2D eigenvalue weighted by Crippen LogP contribution is -1.97. The lowest BCUT2D eigenvalue weighted by atomic mass is 9.86. The summed E-state index contributed by atoms with van der Waals surface area (Å²) in [5, 5.41) is 19.8. The van der Waals surface area contributed by atoms with Crippen molar-refractivity contribution in [3.8, 4) is 45.0 Å². The number of rotatable bonds is 4. The van der Waals surface area contributed by atoms with Gasteiger partial charge in [0.2, 0.25) is 0 Å². The Hall–Kier alpha value is -8.40. The van der Waals surface area contributed by atoms with Crippen molar-refractivity contribution in [1.29, 1.82) is 0 Å². The third-order valence-corrected chi connectivity index (χ3v) is 13.4. The first-order chi connectivity index (χ1) is 31.2. The van der Waals surface area contributed by atoms with Gasteiger partial charge >= 0.3 is 0 Å². The Bertz CT molecular complexity index is 4200. The van der Waals surface area contributed by atoms with Gasteiger partial charge in [-0.1, -0.05) is 176 Å². The van der Waals surface area contributed by atoms with Gasteiger partial charge in [0, 0.05) is 27.5 Å². The van der Waals surface area contributed by atoms with E-state index < -0.39 is 0 Å². The van der Waals surface area contributed by atoms with E-state index in [1.54, 1.807) is 0 Å². The molecule has 14 aromatic rings. The molecule has 2 heterocycles. The predicted molar refractivity (Wildman–Crippen MR) is 265 cm³/mol. The molecule has 0 saturated carbocycles. The minimum absolute atomic E-state index is 0.669. The molecule has 3 heteroatoms. The van der Waals surface area contributed by atoms with E-state index in [-0.39, 0.29) is 0 Å². The Morgan fingerprint density at radius 3 is 1.49 bits per heavy atom. The number of furan rings is 1. The summed E-state index contributed by atoms with van der Waals surface area (Å²) in [6.07, 6.45) is 0. The van der Waals surface area contributed by atoms with Crippen LogP contribution in [0.1, 0.15) is 0 Å². The molecule has 63 heavy (non-hydrogen) atoms. The van der Waals surface area contributed by atoms with Crippen molar-refractivity contribution in [3.05, 3.63) is 206 Å². The van der Waals surface area contributed by atoms with Gasteiger partial charge in [-0.2, -0.15) is 0 Å². The van der Waals surface area contributed by atoms with Crippen LogP contribution in [0.3, 0.4) is 0 Å². The SMILES string of the molecule is c1ccc(-c2nc(-c3ccc(-c4cc5ccc6cccc7c8cccc9ccc%10cccc(c(c4)c5c67)c%10c98)c4ccccc34)cc(-c3cccc4c3oc3ccccc34)n2)cc1. The van der Waals surface area contributed by atoms with Gasteiger partial charge in [0.15, 0.2) is 5.82 Å². The van der Waals surface area contributed by atoms with E-state index in [1.165, 1.54) is 81.1 Å². The molecular weight excluding hydrogens is 765 g/mol. The van der Waals surface area contributed by atoms with Gasteiger partial charge in [-0.3, -0.25) is 0 Å². The Balaban J connectivity index is 1.04. The van der Waals surface area contributed by atoms with Gasteiger partial charge in [0.1, 0.15) is 11.2 Å². The summed E-state index contributed by atoms with van der Waals surface area (Å²) in [4.78, 5) is 10.5. The lowest BCUT2D eigenvalue weighted by molar-refractivity contribution is 0.670. The first-order valence-electron chi connectivity index (χ1n) is 21.6. The molecule has 0 unspecified atom stereocenters. The van der Waals surface area contributed by atoms with Crippen LogP contribution in [0, 0.1) is 0 Å². The lowest BCUT2D eigenvalue weighted by Gasteiger charge is -2.18. The average molecular weight is 799 g/mol. The number of hydrogen-bond acceptors (Lipinski definition) is 3. The van der Waals surface area contributed by atoms with Gasteiger partial charge in [0.05, 0.1) is 11.4 Å². The number of para-hydroxylation sites is 2. The maximum absolute atomic E-state index is 6.55. The van der Waals surface area contributed by atoms with E-state index in [9.17, 15) is 0 Å². The van der Waals surface area contributed by atoms with E-state index in [0.717, 1.165) is 55.4 Å². The summed E-state index contributed by atoms with van der Waals surface area (Å²) in [6.45, 7) is 0. The van der Waals surface area contributed by atoms with Crippen molar-refractivity contribution in [1.82, 2.24) is 9.97 Å². The van der Waals surface area contributed by atoms with Crippen molar-refractivity contribution in [2.45, 2.75) is 0 Å². The van der Waals surface area contributed by atoms with Crippen molar-refractivity contribution in [2.75, 3.05) is 0 Å². The maximum Gasteiger partial charge on any atom is 0.160 e. The molecule has 2 aromatic heterocycles. The largest absolute Gasteiger partial charge is 0.455 e. The minimum atomic E-state index is 0.669. The monoisotopic (exact) mass is 798 g/mol. The molecule has 0 saturated heterocycles. The second-order valence-electron chi connectivity index (χ2n) is 16.8. The Morgan fingerprint density at radius 2 is 0.794 bits per heavy atom. The number of benzene rings is 11. The third-order valence-electron chi connectivity index (χ3n) is 13.4. The molecule has 0 amide bonds. The van der Waals surface area contributed by atoms with Crippen molar-refractivity contribution < 1.29 is 4.42 Å². The van der Waals surface area contributed by atoms with E-state index in [2.05, 4.69) is 176 Å². The molecule has 290 valence electrons. The van der Waals surface area contributed by atoms with Crippen LogP contribution < -0.4 is 0 Å². The van der Waals surface area contributed by atoms with Crippen molar-refractivity contribution in [3.63, 3.8) is 0 Å². The van der Waals surface area contributed by atoms with E-state index in [1.807, 2.05) is 30.3 Å². The summed E-state index contributed by atoms with van der Waals surface area (Å²) in [7, 11) is 0. The summed E-state index contributed by atoms with van der Waals surface area (Å²) < 4.78 is 6.55. The topological polar surface area (TPSA) is 38.9 Å². The van der Waals surface area contributed by atoms with Crippen LogP contribution in [0.4, 0.5) is 0 Å². The molecule has 0 atom stereocenters. The molecule has 3 nitrogen and oxygen atoms in total. The molecule has 12 aromatic carbocycles. The fourth-order valence-corrected chi connectivity index (χ4v) is 10.6. The zero-order valence-corrected chi connectivity index (χ0v) is 33.9. The summed E-state index contributed by atoms with van der Waals surface area (Å²) in [5.41, 5.74) is 8.66. The second-order valence-corrected chi connectivity index (χ2v) is 16.8. The Kier molecular flexibility index (Phi) is 7.11. The van der Waals surface area contributed by atoms with Gasteiger partial charge in [-0.25, -0.2) is 9.97 Å². The fraction of sp³-hybridized carbons (Fsp3) is 0. The Morgan fingerprint density at radius 1 is 0.286 bits per heavy atom. The number of aromatic nitrogens is 2. The standard InChI is InChI=1S/C60H34N2O/c1-2-12-38(13-3-1)60-61-52(34-53(62-60)50-24-11-23-49-45-19-6-7-25-54(45)63-59(49)50)44-31-30-41(42-17-4-5-18-43(42)44)40-32-39-29-28-37-15-9-21-47-46-20-8-14-35-26-27-36-16-10-22-48(57(36)55(35)46)51(33-40)58(39)56(37)47/h1-34H. The normalized spacial score (nSPS) is 12.1. The van der Waals surface area contributed by atoms with Gasteiger partial charge in [-0.05, 0) is 117 Å². The van der Waals surface area contributed by atoms with Crippen LogP contribution >= 0.6 is 0 Å². The number of hydrogen-bond donors (Lipinski definition) is 0. The zero-order valence-electron chi connectivity index (χ0n) is 33.9. The molecule has 14 rings (SSSR count). The molecule has 0 radical (unpaired) electrons. The molecule has 0 bridgehead atoms. The minimum Gasteiger partial charge on any atom is -0.455 e. The second kappa shape index (κ2) is 13.1. The van der Waals surface area contributed by atoms with Gasteiger partial charge < -0.3 is 4.42 Å². The highest BCUT2D eigenvalue weighted by molar-refractivity contribution is 6.37. The number of nitrogens with zero attached hydrogens (tertiary/aromatic N) is 2. The molecule has 0 aliphatic heterocycles. The van der Waals surface area contributed by atoms with Crippen LogP contribution in [0.25, 0.3) is 142 Å². The van der Waals surface area contributed by atoms with Gasteiger partial charge in [-0.15, -0.1) is 0 Å². The van der Waals surface area contributed by atoms with Crippen LogP contribution in [-0.4, -0.2) is 9.97 Å². The van der Waals surface area contributed by atoms with Crippen molar-refractivity contribution >= 4 is 97.3 Å². The number of fused-ring (bicyclic) bond motifs is 6. The average Bonchev–Trinajstić information content (AvgIpc) is 3.74. The highest BCUT2D eigenvalue weighted by Crippen LogP contribution is 2.46. The first kappa shape index (κ1) is 34.3. The van der Waals surface area contributed by atoms with E-state index in [4.69, 9.17) is 14.4 Å². The highest BCUT2D eigenvalue weighted by Gasteiger charge is 2.20. The van der Waals surface area contributed by atoms with Gasteiger partial charge in [0.25, 0.3) is 0 Å². The third kappa shape index (κ3) is 5.02. The van der Waals surface area contributed by atoms with E-state index in [0.29, 0.717) is 5.82 Å². The summed E-state index contributed by atoms with van der Waals surface area (Å²) >= 11 is 0. The predicted octanol–water partition coefficient (Wildman–Crippen LogP) is 16.6.